The third kappa shape index (κ3) is 12.1. The lowest BCUT2D eigenvalue weighted by Gasteiger charge is -2.39. The Morgan fingerprint density at radius 1 is 0.887 bits per heavy atom. The Morgan fingerprint density at radius 2 is 1.49 bits per heavy atom. The van der Waals surface area contributed by atoms with Gasteiger partial charge in [0.25, 0.3) is 5.91 Å². The summed E-state index contributed by atoms with van der Waals surface area (Å²) in [5.41, 5.74) is 2.00. The van der Waals surface area contributed by atoms with Crippen LogP contribution < -0.4 is 5.32 Å². The largest absolute Gasteiger partial charge is 0.444 e. The molecule has 0 spiro atoms. The molecule has 296 valence electrons. The molecule has 2 unspecified atom stereocenters. The van der Waals surface area contributed by atoms with Gasteiger partial charge in [-0.05, 0) is 77.6 Å². The number of hydrogen-bond donors (Lipinski definition) is 2. The average molecular weight is 744 g/mol. The number of benzene rings is 1. The monoisotopic (exact) mass is 743 g/mol. The van der Waals surface area contributed by atoms with Gasteiger partial charge in [-0.2, -0.15) is 0 Å². The number of carbonyl (C=O) groups is 4. The SMILES string of the molecule is Cc1cc2cc(C(=O)N3CCN(C(=O)C(NC(=O)C(C)N(C)C(=O)OC(C)(C)C)C4CCCCC4)CC3)ccc2n1CCOCCOCCOCCO. The van der Waals surface area contributed by atoms with E-state index < -0.39 is 29.7 Å². The van der Waals surface area contributed by atoms with Crippen molar-refractivity contribution in [3.05, 3.63) is 35.5 Å². The van der Waals surface area contributed by atoms with Crippen LogP contribution in [-0.2, 0) is 35.1 Å². The summed E-state index contributed by atoms with van der Waals surface area (Å²) < 4.78 is 24.0. The number of aliphatic hydroxyl groups excluding tert-OH is 1. The second-order valence-electron chi connectivity index (χ2n) is 15.0. The van der Waals surface area contributed by atoms with Gasteiger partial charge in [-0.25, -0.2) is 4.79 Å². The highest BCUT2D eigenvalue weighted by atomic mass is 16.6. The number of nitrogens with zero attached hydrogens (tertiary/aromatic N) is 4. The molecule has 4 rings (SSSR count). The third-order valence-corrected chi connectivity index (χ3v) is 10.00. The highest BCUT2D eigenvalue weighted by Crippen LogP contribution is 2.28. The molecular formula is C39H61N5O9. The fourth-order valence-electron chi connectivity index (χ4n) is 6.90. The van der Waals surface area contributed by atoms with E-state index in [2.05, 4.69) is 16.0 Å². The van der Waals surface area contributed by atoms with Crippen LogP contribution >= 0.6 is 0 Å². The van der Waals surface area contributed by atoms with E-state index in [9.17, 15) is 19.2 Å². The molecule has 1 saturated carbocycles. The van der Waals surface area contributed by atoms with Gasteiger partial charge < -0.3 is 43.7 Å². The van der Waals surface area contributed by atoms with Crippen LogP contribution in [0.25, 0.3) is 10.9 Å². The lowest BCUT2D eigenvalue weighted by Crippen LogP contribution is -2.59. The Hall–Kier alpha value is -3.72. The number of hydrogen-bond acceptors (Lipinski definition) is 9. The number of fused-ring (bicyclic) bond motifs is 1. The summed E-state index contributed by atoms with van der Waals surface area (Å²) in [6.45, 7) is 13.8. The van der Waals surface area contributed by atoms with E-state index in [1.165, 1.54) is 11.9 Å². The van der Waals surface area contributed by atoms with Gasteiger partial charge in [-0.15, -0.1) is 0 Å². The zero-order valence-corrected chi connectivity index (χ0v) is 32.6. The lowest BCUT2D eigenvalue weighted by atomic mass is 9.83. The van der Waals surface area contributed by atoms with Gasteiger partial charge in [0.05, 0.1) is 46.2 Å². The number of amides is 4. The zero-order valence-electron chi connectivity index (χ0n) is 32.6. The van der Waals surface area contributed by atoms with Gasteiger partial charge in [-0.1, -0.05) is 19.3 Å². The van der Waals surface area contributed by atoms with Crippen molar-refractivity contribution in [3.8, 4) is 0 Å². The Bertz CT molecular complexity index is 1510. The summed E-state index contributed by atoms with van der Waals surface area (Å²) in [6.07, 6.45) is 4.20. The van der Waals surface area contributed by atoms with Crippen LogP contribution in [0.1, 0.15) is 75.9 Å². The number of aliphatic hydroxyl groups is 1. The summed E-state index contributed by atoms with van der Waals surface area (Å²) >= 11 is 0. The molecular weight excluding hydrogens is 682 g/mol. The number of nitrogens with one attached hydrogen (secondary N) is 1. The number of rotatable bonds is 17. The predicted molar refractivity (Wildman–Crippen MR) is 201 cm³/mol. The van der Waals surface area contributed by atoms with E-state index in [1.54, 1.807) is 37.5 Å². The molecule has 2 fully saturated rings. The van der Waals surface area contributed by atoms with Crippen LogP contribution in [0.15, 0.2) is 24.3 Å². The molecule has 14 heteroatoms. The van der Waals surface area contributed by atoms with Crippen LogP contribution in [0.5, 0.6) is 0 Å². The van der Waals surface area contributed by atoms with Gasteiger partial charge >= 0.3 is 6.09 Å². The molecule has 1 aliphatic carbocycles. The quantitative estimate of drug-likeness (QED) is 0.232. The maximum atomic E-state index is 14.0. The molecule has 0 bridgehead atoms. The first-order valence-corrected chi connectivity index (χ1v) is 19.1. The maximum absolute atomic E-state index is 14.0. The molecule has 2 aliphatic rings. The fourth-order valence-corrected chi connectivity index (χ4v) is 6.90. The molecule has 2 N–H and O–H groups in total. The van der Waals surface area contributed by atoms with Crippen molar-refractivity contribution in [2.75, 3.05) is 79.5 Å². The van der Waals surface area contributed by atoms with E-state index in [0.717, 1.165) is 48.7 Å². The van der Waals surface area contributed by atoms with Crippen molar-refractivity contribution in [2.45, 2.75) is 91.0 Å². The van der Waals surface area contributed by atoms with Crippen LogP contribution in [0.4, 0.5) is 4.79 Å². The Labute approximate surface area is 314 Å². The van der Waals surface area contributed by atoms with E-state index in [0.29, 0.717) is 77.9 Å². The second kappa shape index (κ2) is 20.1. The highest BCUT2D eigenvalue weighted by Gasteiger charge is 2.37. The van der Waals surface area contributed by atoms with Crippen LogP contribution in [-0.4, -0.2) is 145 Å². The van der Waals surface area contributed by atoms with Crippen LogP contribution in [0, 0.1) is 12.8 Å². The first-order valence-electron chi connectivity index (χ1n) is 19.1. The Morgan fingerprint density at radius 3 is 2.11 bits per heavy atom. The van der Waals surface area contributed by atoms with Crippen LogP contribution in [0.2, 0.25) is 0 Å². The minimum absolute atomic E-state index is 0.000806. The average Bonchev–Trinajstić information content (AvgIpc) is 3.46. The van der Waals surface area contributed by atoms with Gasteiger partial charge in [0, 0.05) is 61.9 Å². The van der Waals surface area contributed by atoms with E-state index in [4.69, 9.17) is 24.1 Å². The van der Waals surface area contributed by atoms with Crippen molar-refractivity contribution in [3.63, 3.8) is 0 Å². The highest BCUT2D eigenvalue weighted by molar-refractivity contribution is 5.98. The number of carbonyl (C=O) groups excluding carboxylic acids is 4. The smallest absolute Gasteiger partial charge is 0.410 e. The summed E-state index contributed by atoms with van der Waals surface area (Å²) in [5.74, 6) is -0.602. The molecule has 0 radical (unpaired) electrons. The standard InChI is InChI=1S/C39H61N5O9/c1-28-26-32-27-31(12-13-33(32)44(28)18-20-50-22-24-52-25-23-51-21-19-45)36(47)42-14-16-43(17-15-42)37(48)34(30-10-8-7-9-11-30)40-35(46)29(2)41(6)38(49)53-39(3,4)5/h12-13,26-27,29-30,34,45H,7-11,14-25H2,1-6H3,(H,40,46). The van der Waals surface area contributed by atoms with Crippen molar-refractivity contribution < 1.29 is 43.2 Å². The molecule has 1 aliphatic heterocycles. The summed E-state index contributed by atoms with van der Waals surface area (Å²) in [5, 5.41) is 12.7. The van der Waals surface area contributed by atoms with E-state index in [-0.39, 0.29) is 24.3 Å². The molecule has 4 amide bonds. The number of aromatic nitrogens is 1. The van der Waals surface area contributed by atoms with Gasteiger partial charge in [0.2, 0.25) is 11.8 Å². The van der Waals surface area contributed by atoms with Crippen molar-refractivity contribution in [1.29, 1.82) is 0 Å². The fraction of sp³-hybridized carbons (Fsp3) is 0.692. The minimum atomic E-state index is -0.829. The zero-order chi connectivity index (χ0) is 38.5. The topological polar surface area (TPSA) is 152 Å². The normalized spacial score (nSPS) is 16.7. The molecule has 1 saturated heterocycles. The number of likely N-dealkylation sites (N-methyl/N-ethyl adjacent to an activating group) is 1. The molecule has 2 aromatic rings. The molecule has 1 aromatic heterocycles. The Kier molecular flexibility index (Phi) is 15.9. The molecule has 14 nitrogen and oxygen atoms in total. The van der Waals surface area contributed by atoms with Crippen molar-refractivity contribution in [2.24, 2.45) is 5.92 Å². The first-order chi connectivity index (χ1) is 25.3. The Balaban J connectivity index is 1.30. The number of aryl methyl sites for hydroxylation is 1. The molecule has 2 atom stereocenters. The van der Waals surface area contributed by atoms with Crippen molar-refractivity contribution >= 4 is 34.7 Å². The summed E-state index contributed by atoms with van der Waals surface area (Å²) in [6, 6.07) is 6.31. The predicted octanol–water partition coefficient (Wildman–Crippen LogP) is 3.60. The maximum Gasteiger partial charge on any atom is 0.410 e. The third-order valence-electron chi connectivity index (χ3n) is 10.00. The minimum Gasteiger partial charge on any atom is -0.444 e. The summed E-state index contributed by atoms with van der Waals surface area (Å²) in [7, 11) is 1.52. The van der Waals surface area contributed by atoms with Gasteiger partial charge in [0.1, 0.15) is 17.7 Å². The van der Waals surface area contributed by atoms with Gasteiger partial charge in [-0.3, -0.25) is 19.3 Å². The van der Waals surface area contributed by atoms with E-state index >= 15 is 0 Å². The second-order valence-corrected chi connectivity index (χ2v) is 15.0. The molecule has 2 heterocycles. The molecule has 1 aromatic carbocycles. The van der Waals surface area contributed by atoms with E-state index in [1.807, 2.05) is 25.1 Å². The molecule has 53 heavy (non-hydrogen) atoms. The summed E-state index contributed by atoms with van der Waals surface area (Å²) in [4.78, 5) is 58.6. The van der Waals surface area contributed by atoms with Crippen molar-refractivity contribution in [1.82, 2.24) is 24.6 Å². The van der Waals surface area contributed by atoms with Gasteiger partial charge in [0.15, 0.2) is 0 Å². The van der Waals surface area contributed by atoms with Crippen LogP contribution in [0.3, 0.4) is 0 Å². The lowest BCUT2D eigenvalue weighted by molar-refractivity contribution is -0.140. The first kappa shape index (κ1) is 42.0. The number of ether oxygens (including phenoxy) is 4. The number of piperazine rings is 1.